The molecule has 0 aromatic heterocycles. The fourth-order valence-electron chi connectivity index (χ4n) is 3.61. The largest absolute Gasteiger partial charge is 0.391 e. The predicted molar refractivity (Wildman–Crippen MR) is 93.6 cm³/mol. The standard InChI is InChI=1S/C20H24F5NO/c1-11-6-5-9-20(3,4)14(11)8-7-12(2)26-27-10-13-15(21)17(23)19(25)18(24)16(13)22/h6,14H,5,7-10H2,1-4H3/b26-12-. The van der Waals surface area contributed by atoms with Gasteiger partial charge in [-0.25, -0.2) is 22.0 Å². The quantitative estimate of drug-likeness (QED) is 0.137. The smallest absolute Gasteiger partial charge is 0.200 e. The molecule has 0 amide bonds. The molecule has 150 valence electrons. The van der Waals surface area contributed by atoms with Gasteiger partial charge in [-0.1, -0.05) is 30.7 Å². The Kier molecular flexibility index (Phi) is 6.65. The number of halogens is 5. The number of oxime groups is 1. The molecule has 0 N–H and O–H groups in total. The topological polar surface area (TPSA) is 21.6 Å². The Morgan fingerprint density at radius 3 is 2.19 bits per heavy atom. The lowest BCUT2D eigenvalue weighted by Crippen LogP contribution is -2.28. The molecule has 27 heavy (non-hydrogen) atoms. The number of allylic oxidation sites excluding steroid dienone is 2. The van der Waals surface area contributed by atoms with Crippen molar-refractivity contribution in [2.75, 3.05) is 0 Å². The van der Waals surface area contributed by atoms with Crippen LogP contribution in [0.4, 0.5) is 22.0 Å². The summed E-state index contributed by atoms with van der Waals surface area (Å²) in [5, 5.41) is 3.77. The number of hydrogen-bond acceptors (Lipinski definition) is 2. The third-order valence-electron chi connectivity index (χ3n) is 5.27. The van der Waals surface area contributed by atoms with Gasteiger partial charge in [0.25, 0.3) is 0 Å². The van der Waals surface area contributed by atoms with Gasteiger partial charge < -0.3 is 4.84 Å². The minimum Gasteiger partial charge on any atom is -0.391 e. The Morgan fingerprint density at radius 1 is 1.07 bits per heavy atom. The summed E-state index contributed by atoms with van der Waals surface area (Å²) in [5.41, 5.74) is 1.07. The molecule has 0 bridgehead atoms. The second-order valence-corrected chi connectivity index (χ2v) is 7.72. The van der Waals surface area contributed by atoms with Crippen LogP contribution in [0, 0.1) is 40.4 Å². The van der Waals surface area contributed by atoms with Crippen molar-refractivity contribution >= 4 is 5.71 Å². The molecule has 7 heteroatoms. The first-order chi connectivity index (χ1) is 12.6. The first kappa shape index (κ1) is 21.4. The maximum absolute atomic E-state index is 13.6. The van der Waals surface area contributed by atoms with Gasteiger partial charge in [-0.3, -0.25) is 0 Å². The van der Waals surface area contributed by atoms with E-state index in [4.69, 9.17) is 4.84 Å². The van der Waals surface area contributed by atoms with E-state index in [0.717, 1.165) is 19.3 Å². The van der Waals surface area contributed by atoms with E-state index >= 15 is 0 Å². The molecule has 0 saturated heterocycles. The molecule has 1 unspecified atom stereocenters. The van der Waals surface area contributed by atoms with Gasteiger partial charge in [-0.15, -0.1) is 0 Å². The van der Waals surface area contributed by atoms with E-state index in [0.29, 0.717) is 18.1 Å². The van der Waals surface area contributed by atoms with Crippen molar-refractivity contribution in [3.05, 3.63) is 46.3 Å². The average Bonchev–Trinajstić information content (AvgIpc) is 2.60. The molecule has 0 spiro atoms. The van der Waals surface area contributed by atoms with E-state index in [9.17, 15) is 22.0 Å². The molecule has 0 fully saturated rings. The minimum absolute atomic E-state index is 0.176. The van der Waals surface area contributed by atoms with Gasteiger partial charge in [-0.2, -0.15) is 0 Å². The lowest BCUT2D eigenvalue weighted by Gasteiger charge is -2.38. The molecule has 1 aliphatic carbocycles. The SMILES string of the molecule is CC1=CCCC(C)(C)C1CC/C(C)=N\OCc1c(F)c(F)c(F)c(F)c1F. The number of nitrogens with zero attached hydrogens (tertiary/aromatic N) is 1. The predicted octanol–water partition coefficient (Wildman–Crippen LogP) is 6.44. The normalized spacial score (nSPS) is 19.8. The van der Waals surface area contributed by atoms with Crippen molar-refractivity contribution in [1.82, 2.24) is 0 Å². The highest BCUT2D eigenvalue weighted by Gasteiger charge is 2.32. The lowest BCUT2D eigenvalue weighted by molar-refractivity contribution is 0.121. The van der Waals surface area contributed by atoms with Crippen LogP contribution < -0.4 is 0 Å². The highest BCUT2D eigenvalue weighted by molar-refractivity contribution is 5.81. The van der Waals surface area contributed by atoms with E-state index in [1.165, 1.54) is 5.57 Å². The van der Waals surface area contributed by atoms with Gasteiger partial charge >= 0.3 is 0 Å². The van der Waals surface area contributed by atoms with E-state index in [2.05, 4.69) is 32.0 Å². The molecule has 2 rings (SSSR count). The molecule has 0 aliphatic heterocycles. The zero-order valence-electron chi connectivity index (χ0n) is 15.9. The summed E-state index contributed by atoms with van der Waals surface area (Å²) < 4.78 is 66.5. The van der Waals surface area contributed by atoms with Gasteiger partial charge in [0.15, 0.2) is 23.3 Å². The number of benzene rings is 1. The van der Waals surface area contributed by atoms with Crippen LogP contribution in [0.15, 0.2) is 16.8 Å². The minimum atomic E-state index is -2.19. The van der Waals surface area contributed by atoms with E-state index in [1.54, 1.807) is 6.92 Å². The first-order valence-corrected chi connectivity index (χ1v) is 8.88. The van der Waals surface area contributed by atoms with Gasteiger partial charge in [0.1, 0.15) is 6.61 Å². The second kappa shape index (κ2) is 8.40. The van der Waals surface area contributed by atoms with Gasteiger partial charge in [0, 0.05) is 0 Å². The average molecular weight is 389 g/mol. The Hall–Kier alpha value is -1.92. The molecule has 0 heterocycles. The van der Waals surface area contributed by atoms with E-state index in [1.807, 2.05) is 0 Å². The summed E-state index contributed by atoms with van der Waals surface area (Å²) in [6, 6.07) is 0. The van der Waals surface area contributed by atoms with Crippen LogP contribution >= 0.6 is 0 Å². The summed E-state index contributed by atoms with van der Waals surface area (Å²) in [4.78, 5) is 4.85. The highest BCUT2D eigenvalue weighted by atomic mass is 19.2. The Labute approximate surface area is 156 Å². The summed E-state index contributed by atoms with van der Waals surface area (Å²) in [5.74, 6) is -9.57. The highest BCUT2D eigenvalue weighted by Crippen LogP contribution is 2.43. The van der Waals surface area contributed by atoms with Crippen LogP contribution in [-0.2, 0) is 11.4 Å². The second-order valence-electron chi connectivity index (χ2n) is 7.72. The fourth-order valence-corrected chi connectivity index (χ4v) is 3.61. The molecular formula is C20H24F5NO. The zero-order chi connectivity index (χ0) is 20.4. The Bertz CT molecular complexity index is 741. The van der Waals surface area contributed by atoms with Crippen LogP contribution in [0.3, 0.4) is 0 Å². The van der Waals surface area contributed by atoms with Crippen molar-refractivity contribution in [2.45, 2.75) is 60.0 Å². The molecule has 0 radical (unpaired) electrons. The lowest BCUT2D eigenvalue weighted by atomic mass is 9.67. The van der Waals surface area contributed by atoms with Crippen molar-refractivity contribution in [2.24, 2.45) is 16.5 Å². The summed E-state index contributed by atoms with van der Waals surface area (Å²) in [6.45, 7) is 7.42. The monoisotopic (exact) mass is 389 g/mol. The van der Waals surface area contributed by atoms with Crippen LogP contribution in [0.2, 0.25) is 0 Å². The molecule has 1 atom stereocenters. The van der Waals surface area contributed by atoms with Crippen LogP contribution in [0.5, 0.6) is 0 Å². The third-order valence-corrected chi connectivity index (χ3v) is 5.27. The third kappa shape index (κ3) is 4.68. The Balaban J connectivity index is 1.99. The van der Waals surface area contributed by atoms with Crippen molar-refractivity contribution in [3.63, 3.8) is 0 Å². The summed E-state index contributed by atoms with van der Waals surface area (Å²) in [6.07, 6.45) is 5.85. The van der Waals surface area contributed by atoms with Gasteiger partial charge in [0.05, 0.1) is 11.3 Å². The van der Waals surface area contributed by atoms with Crippen molar-refractivity contribution in [1.29, 1.82) is 0 Å². The van der Waals surface area contributed by atoms with Crippen molar-refractivity contribution in [3.8, 4) is 0 Å². The van der Waals surface area contributed by atoms with Crippen LogP contribution in [-0.4, -0.2) is 5.71 Å². The first-order valence-electron chi connectivity index (χ1n) is 8.88. The molecule has 1 aliphatic rings. The van der Waals surface area contributed by atoms with E-state index in [-0.39, 0.29) is 5.41 Å². The maximum atomic E-state index is 13.6. The summed E-state index contributed by atoms with van der Waals surface area (Å²) in [7, 11) is 0. The van der Waals surface area contributed by atoms with Gasteiger partial charge in [0.2, 0.25) is 5.82 Å². The maximum Gasteiger partial charge on any atom is 0.200 e. The molecule has 2 nitrogen and oxygen atoms in total. The molecule has 1 aromatic carbocycles. The van der Waals surface area contributed by atoms with Crippen LogP contribution in [0.1, 0.15) is 58.9 Å². The Morgan fingerprint density at radius 2 is 1.63 bits per heavy atom. The zero-order valence-corrected chi connectivity index (χ0v) is 15.9. The van der Waals surface area contributed by atoms with Crippen LogP contribution in [0.25, 0.3) is 0 Å². The molecule has 1 aromatic rings. The fraction of sp³-hybridized carbons (Fsp3) is 0.550. The van der Waals surface area contributed by atoms with Gasteiger partial charge in [-0.05, 0) is 50.9 Å². The molecule has 0 saturated carbocycles. The van der Waals surface area contributed by atoms with E-state index < -0.39 is 41.3 Å². The molecular weight excluding hydrogens is 365 g/mol. The van der Waals surface area contributed by atoms with Crippen molar-refractivity contribution < 1.29 is 26.8 Å². The number of rotatable bonds is 6. The number of hydrogen-bond donors (Lipinski definition) is 0. The summed E-state index contributed by atoms with van der Waals surface area (Å²) >= 11 is 0.